The third-order valence-corrected chi connectivity index (χ3v) is 5.63. The number of aryl methyl sites for hydroxylation is 1. The Balaban J connectivity index is 2.03. The maximum Gasteiger partial charge on any atom is 0.246 e. The van der Waals surface area contributed by atoms with Gasteiger partial charge in [-0.3, -0.25) is 4.79 Å². The van der Waals surface area contributed by atoms with Crippen molar-refractivity contribution >= 4 is 16.9 Å². The standard InChI is InChI=1S/C23H25NO7/c1-28-19-8-12-4-5-17(24-20(27)11-26)15-9-18-13(6-14(10-25)31-18)7-16(15)21(12)23(30-3)22(19)29-2/h6-9,17,25-26H,4-5,10-11H2,1-3H3,(H,24,27)/t17-/m0/s1. The lowest BCUT2D eigenvalue weighted by molar-refractivity contribution is -0.124. The molecule has 2 aromatic carbocycles. The average Bonchev–Trinajstić information content (AvgIpc) is 3.15. The van der Waals surface area contributed by atoms with Crippen LogP contribution in [0.1, 0.15) is 29.3 Å². The van der Waals surface area contributed by atoms with E-state index < -0.39 is 12.5 Å². The fourth-order valence-electron chi connectivity index (χ4n) is 4.28. The summed E-state index contributed by atoms with van der Waals surface area (Å²) in [7, 11) is 4.71. The largest absolute Gasteiger partial charge is 0.493 e. The summed E-state index contributed by atoms with van der Waals surface area (Å²) in [5.41, 5.74) is 4.13. The molecule has 1 aromatic heterocycles. The molecule has 0 saturated carbocycles. The van der Waals surface area contributed by atoms with Gasteiger partial charge < -0.3 is 34.2 Å². The van der Waals surface area contributed by atoms with Crippen molar-refractivity contribution in [2.24, 2.45) is 0 Å². The second-order valence-corrected chi connectivity index (χ2v) is 7.34. The first-order chi connectivity index (χ1) is 15.0. The maximum atomic E-state index is 12.0. The molecule has 0 bridgehead atoms. The van der Waals surface area contributed by atoms with Crippen LogP contribution in [0.4, 0.5) is 0 Å². The molecule has 1 amide bonds. The van der Waals surface area contributed by atoms with Crippen LogP contribution in [0, 0.1) is 0 Å². The number of carbonyl (C=O) groups excluding carboxylic acids is 1. The minimum absolute atomic E-state index is 0.213. The van der Waals surface area contributed by atoms with Crippen molar-refractivity contribution in [2.75, 3.05) is 27.9 Å². The van der Waals surface area contributed by atoms with E-state index in [4.69, 9.17) is 18.6 Å². The van der Waals surface area contributed by atoms with E-state index in [2.05, 4.69) is 5.32 Å². The highest BCUT2D eigenvalue weighted by Crippen LogP contribution is 2.51. The second kappa shape index (κ2) is 8.49. The number of furan rings is 1. The van der Waals surface area contributed by atoms with Gasteiger partial charge >= 0.3 is 0 Å². The zero-order valence-corrected chi connectivity index (χ0v) is 17.7. The van der Waals surface area contributed by atoms with Crippen molar-refractivity contribution in [1.29, 1.82) is 0 Å². The topological polar surface area (TPSA) is 110 Å². The molecule has 0 unspecified atom stereocenters. The van der Waals surface area contributed by atoms with Gasteiger partial charge in [0.05, 0.1) is 27.4 Å². The highest BCUT2D eigenvalue weighted by Gasteiger charge is 2.30. The van der Waals surface area contributed by atoms with Crippen LogP contribution >= 0.6 is 0 Å². The number of methoxy groups -OCH3 is 3. The Hall–Kier alpha value is -3.23. The van der Waals surface area contributed by atoms with Crippen LogP contribution in [-0.4, -0.2) is 44.1 Å². The summed E-state index contributed by atoms with van der Waals surface area (Å²) in [6.45, 7) is -0.809. The molecule has 0 fully saturated rings. The number of nitrogens with one attached hydrogen (secondary N) is 1. The first kappa shape index (κ1) is 21.0. The molecule has 0 radical (unpaired) electrons. The zero-order chi connectivity index (χ0) is 22.1. The van der Waals surface area contributed by atoms with Crippen LogP contribution in [0.2, 0.25) is 0 Å². The first-order valence-corrected chi connectivity index (χ1v) is 9.94. The fraction of sp³-hybridized carbons (Fsp3) is 0.348. The third kappa shape index (κ3) is 3.58. The van der Waals surface area contributed by atoms with Gasteiger partial charge in [0.15, 0.2) is 11.5 Å². The van der Waals surface area contributed by atoms with Crippen molar-refractivity contribution in [1.82, 2.24) is 5.32 Å². The molecule has 8 nitrogen and oxygen atoms in total. The van der Waals surface area contributed by atoms with Gasteiger partial charge in [-0.25, -0.2) is 0 Å². The van der Waals surface area contributed by atoms with E-state index in [0.29, 0.717) is 41.4 Å². The molecule has 3 aromatic rings. The molecule has 1 atom stereocenters. The number of carbonyl (C=O) groups is 1. The number of fused-ring (bicyclic) bond motifs is 4. The predicted octanol–water partition coefficient (Wildman–Crippen LogP) is 2.71. The summed E-state index contributed by atoms with van der Waals surface area (Å²) in [4.78, 5) is 12.0. The molecular formula is C23H25NO7. The third-order valence-electron chi connectivity index (χ3n) is 5.63. The monoisotopic (exact) mass is 427 g/mol. The van der Waals surface area contributed by atoms with Crippen LogP contribution in [0.25, 0.3) is 22.1 Å². The van der Waals surface area contributed by atoms with E-state index >= 15 is 0 Å². The fourth-order valence-corrected chi connectivity index (χ4v) is 4.28. The summed E-state index contributed by atoms with van der Waals surface area (Å²) in [6, 6.07) is 7.20. The van der Waals surface area contributed by atoms with Gasteiger partial charge in [-0.05, 0) is 53.8 Å². The van der Waals surface area contributed by atoms with E-state index in [0.717, 1.165) is 27.6 Å². The molecule has 1 aliphatic carbocycles. The number of benzene rings is 2. The lowest BCUT2D eigenvalue weighted by Crippen LogP contribution is -2.31. The van der Waals surface area contributed by atoms with Crippen molar-refractivity contribution in [3.8, 4) is 28.4 Å². The number of hydrogen-bond donors (Lipinski definition) is 3. The predicted molar refractivity (Wildman–Crippen MR) is 114 cm³/mol. The van der Waals surface area contributed by atoms with Gasteiger partial charge in [-0.15, -0.1) is 0 Å². The molecule has 1 aliphatic rings. The maximum absolute atomic E-state index is 12.0. The number of amides is 1. The van der Waals surface area contributed by atoms with E-state index in [1.54, 1.807) is 27.4 Å². The van der Waals surface area contributed by atoms with E-state index in [1.165, 1.54) is 0 Å². The second-order valence-electron chi connectivity index (χ2n) is 7.34. The normalized spacial score (nSPS) is 15.1. The lowest BCUT2D eigenvalue weighted by atomic mass is 9.92. The Morgan fingerprint density at radius 3 is 2.52 bits per heavy atom. The summed E-state index contributed by atoms with van der Waals surface area (Å²) < 4.78 is 22.6. The summed E-state index contributed by atoms with van der Waals surface area (Å²) in [6.07, 6.45) is 1.24. The molecule has 3 N–H and O–H groups in total. The molecule has 1 heterocycles. The van der Waals surface area contributed by atoms with Gasteiger partial charge in [-0.2, -0.15) is 0 Å². The van der Waals surface area contributed by atoms with Crippen molar-refractivity contribution < 1.29 is 33.6 Å². The Labute approximate surface area is 179 Å². The first-order valence-electron chi connectivity index (χ1n) is 9.94. The summed E-state index contributed by atoms with van der Waals surface area (Å²) in [5, 5.41) is 22.5. The Morgan fingerprint density at radius 2 is 1.87 bits per heavy atom. The van der Waals surface area contributed by atoms with Crippen molar-refractivity contribution in [2.45, 2.75) is 25.5 Å². The van der Waals surface area contributed by atoms with Gasteiger partial charge in [0.25, 0.3) is 0 Å². The Morgan fingerprint density at radius 1 is 1.10 bits per heavy atom. The van der Waals surface area contributed by atoms with Crippen LogP contribution in [0.15, 0.2) is 28.7 Å². The van der Waals surface area contributed by atoms with Gasteiger partial charge in [0.1, 0.15) is 24.6 Å². The summed E-state index contributed by atoms with van der Waals surface area (Å²) in [5.74, 6) is 1.57. The van der Waals surface area contributed by atoms with Gasteiger partial charge in [-0.1, -0.05) is 0 Å². The van der Waals surface area contributed by atoms with Crippen LogP contribution < -0.4 is 19.5 Å². The molecule has 0 saturated heterocycles. The molecular weight excluding hydrogens is 402 g/mol. The molecule has 0 aliphatic heterocycles. The highest BCUT2D eigenvalue weighted by molar-refractivity contribution is 5.91. The zero-order valence-electron chi connectivity index (χ0n) is 17.7. The quantitative estimate of drug-likeness (QED) is 0.555. The number of ether oxygens (including phenoxy) is 3. The van der Waals surface area contributed by atoms with Crippen LogP contribution in [-0.2, 0) is 17.8 Å². The lowest BCUT2D eigenvalue weighted by Gasteiger charge is -2.21. The van der Waals surface area contributed by atoms with E-state index in [1.807, 2.05) is 18.2 Å². The minimum atomic E-state index is -0.596. The molecule has 8 heteroatoms. The van der Waals surface area contributed by atoms with Gasteiger partial charge in [0.2, 0.25) is 11.7 Å². The van der Waals surface area contributed by atoms with Crippen molar-refractivity contribution in [3.63, 3.8) is 0 Å². The van der Waals surface area contributed by atoms with Gasteiger partial charge in [0, 0.05) is 10.9 Å². The number of hydrogen-bond acceptors (Lipinski definition) is 7. The SMILES string of the molecule is COc1cc2c(c(OC)c1OC)-c1cc3cc(CO)oc3cc1[C@@H](NC(=O)CO)CC2. The number of rotatable bonds is 6. The molecule has 0 spiro atoms. The van der Waals surface area contributed by atoms with Crippen LogP contribution in [0.5, 0.6) is 17.2 Å². The molecule has 4 rings (SSSR count). The van der Waals surface area contributed by atoms with E-state index in [9.17, 15) is 15.0 Å². The Kier molecular flexibility index (Phi) is 5.75. The molecule has 164 valence electrons. The number of aliphatic hydroxyl groups excluding tert-OH is 2. The summed E-state index contributed by atoms with van der Waals surface area (Å²) >= 11 is 0. The van der Waals surface area contributed by atoms with E-state index in [-0.39, 0.29) is 12.6 Å². The highest BCUT2D eigenvalue weighted by atomic mass is 16.5. The smallest absolute Gasteiger partial charge is 0.246 e. The molecule has 31 heavy (non-hydrogen) atoms. The Bertz CT molecular complexity index is 1130. The van der Waals surface area contributed by atoms with Crippen LogP contribution in [0.3, 0.4) is 0 Å². The van der Waals surface area contributed by atoms with Crippen molar-refractivity contribution in [3.05, 3.63) is 41.2 Å². The average molecular weight is 427 g/mol. The number of aliphatic hydroxyl groups is 2. The minimum Gasteiger partial charge on any atom is -0.493 e.